The van der Waals surface area contributed by atoms with Crippen molar-refractivity contribution in [3.05, 3.63) is 48.2 Å². The van der Waals surface area contributed by atoms with Gasteiger partial charge in [-0.1, -0.05) is 23.4 Å². The first-order chi connectivity index (χ1) is 9.24. The molecular weight excluding hydrogens is 246 g/mol. The number of aliphatic carboxylic acids is 1. The van der Waals surface area contributed by atoms with Crippen LogP contribution >= 0.6 is 0 Å². The summed E-state index contributed by atoms with van der Waals surface area (Å²) in [5.41, 5.74) is 1.75. The van der Waals surface area contributed by atoms with Gasteiger partial charge in [-0.2, -0.15) is 4.98 Å². The van der Waals surface area contributed by atoms with Crippen LogP contribution in [-0.2, 0) is 17.8 Å². The molecule has 6 nitrogen and oxygen atoms in total. The third-order valence-electron chi connectivity index (χ3n) is 2.93. The molecule has 19 heavy (non-hydrogen) atoms. The van der Waals surface area contributed by atoms with Crippen molar-refractivity contribution >= 4 is 16.9 Å². The van der Waals surface area contributed by atoms with Crippen LogP contribution in [0.25, 0.3) is 10.9 Å². The zero-order valence-corrected chi connectivity index (χ0v) is 9.98. The van der Waals surface area contributed by atoms with Crippen LogP contribution in [0, 0.1) is 0 Å². The molecule has 0 radical (unpaired) electrons. The highest BCUT2D eigenvalue weighted by Crippen LogP contribution is 2.22. The van der Waals surface area contributed by atoms with E-state index in [1.165, 1.54) is 6.39 Å². The van der Waals surface area contributed by atoms with Crippen LogP contribution in [0.1, 0.15) is 11.4 Å². The maximum Gasteiger partial charge on any atom is 0.307 e. The van der Waals surface area contributed by atoms with Gasteiger partial charge in [-0.25, -0.2) is 0 Å². The molecule has 0 amide bonds. The Hall–Kier alpha value is -2.63. The smallest absolute Gasteiger partial charge is 0.307 e. The Bertz CT molecular complexity index is 716. The number of nitrogens with zero attached hydrogens (tertiary/aromatic N) is 3. The van der Waals surface area contributed by atoms with Crippen LogP contribution in [-0.4, -0.2) is 25.8 Å². The van der Waals surface area contributed by atoms with E-state index in [4.69, 9.17) is 9.63 Å². The molecule has 0 saturated carbocycles. The summed E-state index contributed by atoms with van der Waals surface area (Å²) in [6.07, 6.45) is 3.11. The highest BCUT2D eigenvalue weighted by atomic mass is 16.5. The van der Waals surface area contributed by atoms with Gasteiger partial charge in [-0.15, -0.1) is 0 Å². The van der Waals surface area contributed by atoms with Crippen molar-refractivity contribution in [2.75, 3.05) is 0 Å². The van der Waals surface area contributed by atoms with E-state index in [2.05, 4.69) is 10.1 Å². The number of fused-ring (bicyclic) bond motifs is 1. The first kappa shape index (κ1) is 11.5. The lowest BCUT2D eigenvalue weighted by atomic mass is 10.1. The van der Waals surface area contributed by atoms with Crippen LogP contribution in [0.5, 0.6) is 0 Å². The molecule has 0 aliphatic heterocycles. The molecule has 3 aromatic rings. The minimum Gasteiger partial charge on any atom is -0.481 e. The van der Waals surface area contributed by atoms with Crippen molar-refractivity contribution in [1.82, 2.24) is 14.7 Å². The molecule has 2 aromatic heterocycles. The average molecular weight is 257 g/mol. The second-order valence-electron chi connectivity index (χ2n) is 4.22. The highest BCUT2D eigenvalue weighted by molar-refractivity contribution is 5.87. The van der Waals surface area contributed by atoms with Crippen LogP contribution in [0.2, 0.25) is 0 Å². The first-order valence-corrected chi connectivity index (χ1v) is 5.78. The molecule has 1 aromatic carbocycles. The van der Waals surface area contributed by atoms with E-state index >= 15 is 0 Å². The SMILES string of the molecule is O=C(O)Cc1cn(Cc2ncon2)c2ccccc12. The van der Waals surface area contributed by atoms with Gasteiger partial charge in [0.1, 0.15) is 0 Å². The molecule has 1 N–H and O–H groups in total. The van der Waals surface area contributed by atoms with Gasteiger partial charge in [0.2, 0.25) is 6.39 Å². The van der Waals surface area contributed by atoms with Crippen LogP contribution in [0.4, 0.5) is 0 Å². The van der Waals surface area contributed by atoms with Gasteiger partial charge in [-0.3, -0.25) is 4.79 Å². The standard InChI is InChI=1S/C13H11N3O3/c17-13(18)5-9-6-16(7-12-14-8-19-15-12)11-4-2-1-3-10(9)11/h1-4,6,8H,5,7H2,(H,17,18). The fourth-order valence-electron chi connectivity index (χ4n) is 2.17. The maximum atomic E-state index is 10.9. The molecule has 0 unspecified atom stereocenters. The Morgan fingerprint density at radius 3 is 2.95 bits per heavy atom. The summed E-state index contributed by atoms with van der Waals surface area (Å²) in [7, 11) is 0. The van der Waals surface area contributed by atoms with E-state index in [-0.39, 0.29) is 6.42 Å². The lowest BCUT2D eigenvalue weighted by Gasteiger charge is -2.00. The zero-order chi connectivity index (χ0) is 13.2. The number of carbonyl (C=O) groups is 1. The molecule has 3 rings (SSSR count). The number of hydrogen-bond donors (Lipinski definition) is 1. The lowest BCUT2D eigenvalue weighted by molar-refractivity contribution is -0.136. The molecule has 0 bridgehead atoms. The van der Waals surface area contributed by atoms with Crippen molar-refractivity contribution in [2.24, 2.45) is 0 Å². The van der Waals surface area contributed by atoms with Crippen molar-refractivity contribution in [1.29, 1.82) is 0 Å². The second kappa shape index (κ2) is 4.56. The maximum absolute atomic E-state index is 10.9. The molecule has 0 saturated heterocycles. The van der Waals surface area contributed by atoms with Gasteiger partial charge in [-0.05, 0) is 11.6 Å². The van der Waals surface area contributed by atoms with Crippen molar-refractivity contribution < 1.29 is 14.4 Å². The average Bonchev–Trinajstić information content (AvgIpc) is 2.99. The van der Waals surface area contributed by atoms with E-state index in [0.29, 0.717) is 12.4 Å². The van der Waals surface area contributed by atoms with E-state index in [1.54, 1.807) is 0 Å². The number of hydrogen-bond acceptors (Lipinski definition) is 4. The van der Waals surface area contributed by atoms with E-state index in [0.717, 1.165) is 16.5 Å². The number of carboxylic acid groups (broad SMARTS) is 1. The van der Waals surface area contributed by atoms with Gasteiger partial charge < -0.3 is 14.2 Å². The highest BCUT2D eigenvalue weighted by Gasteiger charge is 2.12. The summed E-state index contributed by atoms with van der Waals surface area (Å²) in [6, 6.07) is 7.67. The third-order valence-corrected chi connectivity index (χ3v) is 2.93. The Balaban J connectivity index is 2.06. The van der Waals surface area contributed by atoms with E-state index < -0.39 is 5.97 Å². The molecule has 0 fully saturated rings. The van der Waals surface area contributed by atoms with Gasteiger partial charge in [0.15, 0.2) is 5.82 Å². The van der Waals surface area contributed by atoms with Crippen molar-refractivity contribution in [3.8, 4) is 0 Å². The predicted octanol–water partition coefficient (Wildman–Crippen LogP) is 1.70. The van der Waals surface area contributed by atoms with Crippen molar-refractivity contribution in [2.45, 2.75) is 13.0 Å². The summed E-state index contributed by atoms with van der Waals surface area (Å²) in [6.45, 7) is 0.455. The number of aromatic nitrogens is 3. The fourth-order valence-corrected chi connectivity index (χ4v) is 2.17. The topological polar surface area (TPSA) is 81.1 Å². The summed E-state index contributed by atoms with van der Waals surface area (Å²) < 4.78 is 6.63. The minimum atomic E-state index is -0.845. The van der Waals surface area contributed by atoms with Crippen LogP contribution in [0.15, 0.2) is 41.4 Å². The molecule has 2 heterocycles. The Morgan fingerprint density at radius 2 is 2.21 bits per heavy atom. The molecule has 6 heteroatoms. The quantitative estimate of drug-likeness (QED) is 0.769. The molecule has 0 spiro atoms. The molecule has 96 valence electrons. The Labute approximate surface area is 108 Å². The minimum absolute atomic E-state index is 0.000241. The van der Waals surface area contributed by atoms with Gasteiger partial charge >= 0.3 is 5.97 Å². The number of rotatable bonds is 4. The molecule has 0 atom stereocenters. The van der Waals surface area contributed by atoms with Gasteiger partial charge in [0, 0.05) is 17.1 Å². The molecular formula is C13H11N3O3. The summed E-state index contributed by atoms with van der Waals surface area (Å²) in [4.78, 5) is 14.9. The van der Waals surface area contributed by atoms with Crippen molar-refractivity contribution in [3.63, 3.8) is 0 Å². The van der Waals surface area contributed by atoms with Gasteiger partial charge in [0.25, 0.3) is 0 Å². The van der Waals surface area contributed by atoms with Crippen LogP contribution in [0.3, 0.4) is 0 Å². The molecule has 0 aliphatic carbocycles. The summed E-state index contributed by atoms with van der Waals surface area (Å²) in [5.74, 6) is -0.287. The second-order valence-corrected chi connectivity index (χ2v) is 4.22. The van der Waals surface area contributed by atoms with Crippen LogP contribution < -0.4 is 0 Å². The normalized spacial score (nSPS) is 10.9. The largest absolute Gasteiger partial charge is 0.481 e. The van der Waals surface area contributed by atoms with E-state index in [9.17, 15) is 4.79 Å². The monoisotopic (exact) mass is 257 g/mol. The first-order valence-electron chi connectivity index (χ1n) is 5.78. The number of carboxylic acids is 1. The van der Waals surface area contributed by atoms with E-state index in [1.807, 2.05) is 35.0 Å². The number of para-hydroxylation sites is 1. The Kier molecular flexibility index (Phi) is 2.75. The third kappa shape index (κ3) is 2.20. The molecule has 0 aliphatic rings. The predicted molar refractivity (Wildman–Crippen MR) is 66.7 cm³/mol. The number of benzene rings is 1. The fraction of sp³-hybridized carbons (Fsp3) is 0.154. The Morgan fingerprint density at radius 1 is 1.37 bits per heavy atom. The van der Waals surface area contributed by atoms with Gasteiger partial charge in [0.05, 0.1) is 13.0 Å². The lowest BCUT2D eigenvalue weighted by Crippen LogP contribution is -2.01. The summed E-state index contributed by atoms with van der Waals surface area (Å²) in [5, 5.41) is 13.6. The zero-order valence-electron chi connectivity index (χ0n) is 9.98. The summed E-state index contributed by atoms with van der Waals surface area (Å²) >= 11 is 0.